The maximum Gasteiger partial charge on any atom is 1.00 e. The first-order chi connectivity index (χ1) is 6.32. The molecule has 0 aromatic heterocycles. The van der Waals surface area contributed by atoms with E-state index in [-0.39, 0.29) is 40.1 Å². The zero-order valence-corrected chi connectivity index (χ0v) is 11.2. The second-order valence-electron chi connectivity index (χ2n) is 2.40. The van der Waals surface area contributed by atoms with E-state index in [1.54, 1.807) is 0 Å². The van der Waals surface area contributed by atoms with Gasteiger partial charge in [0, 0.05) is 0 Å². The van der Waals surface area contributed by atoms with E-state index in [9.17, 15) is 17.8 Å². The molecule has 0 amide bonds. The SMILES string of the molecule is O=C(O)c1ccc(Cl)c(S(=O)(=O)[O-])c1.[Na+]. The Balaban J connectivity index is 0.00000196. The van der Waals surface area contributed by atoms with Crippen molar-refractivity contribution < 1.29 is 52.4 Å². The molecule has 0 aliphatic rings. The van der Waals surface area contributed by atoms with Crippen LogP contribution in [0.5, 0.6) is 0 Å². The Morgan fingerprint density at radius 1 is 1.40 bits per heavy atom. The molecule has 76 valence electrons. The van der Waals surface area contributed by atoms with E-state index in [1.165, 1.54) is 0 Å². The molecule has 0 spiro atoms. The largest absolute Gasteiger partial charge is 1.00 e. The Labute approximate surface area is 113 Å². The zero-order chi connectivity index (χ0) is 10.9. The summed E-state index contributed by atoms with van der Waals surface area (Å²) in [5, 5.41) is 8.24. The second-order valence-corrected chi connectivity index (χ2v) is 4.16. The van der Waals surface area contributed by atoms with E-state index in [0.717, 1.165) is 18.2 Å². The molecule has 1 aromatic carbocycles. The third kappa shape index (κ3) is 3.75. The smallest absolute Gasteiger partial charge is 0.744 e. The van der Waals surface area contributed by atoms with Gasteiger partial charge in [-0.2, -0.15) is 0 Å². The van der Waals surface area contributed by atoms with Crippen molar-refractivity contribution in [1.82, 2.24) is 0 Å². The van der Waals surface area contributed by atoms with E-state index in [2.05, 4.69) is 0 Å². The summed E-state index contributed by atoms with van der Waals surface area (Å²) in [7, 11) is -4.73. The quantitative estimate of drug-likeness (QED) is 0.487. The van der Waals surface area contributed by atoms with Crippen molar-refractivity contribution in [1.29, 1.82) is 0 Å². The molecule has 0 atom stereocenters. The first-order valence-electron chi connectivity index (χ1n) is 3.31. The Morgan fingerprint density at radius 2 is 1.93 bits per heavy atom. The molecule has 1 rings (SSSR count). The zero-order valence-electron chi connectivity index (χ0n) is 7.60. The minimum atomic E-state index is -4.73. The van der Waals surface area contributed by atoms with Crippen molar-refractivity contribution in [2.24, 2.45) is 0 Å². The van der Waals surface area contributed by atoms with Crippen LogP contribution in [0.4, 0.5) is 0 Å². The summed E-state index contributed by atoms with van der Waals surface area (Å²) >= 11 is 5.41. The van der Waals surface area contributed by atoms with Crippen LogP contribution in [0.3, 0.4) is 0 Å². The summed E-state index contributed by atoms with van der Waals surface area (Å²) in [4.78, 5) is 9.73. The molecule has 0 aliphatic heterocycles. The predicted molar refractivity (Wildman–Crippen MR) is 46.4 cm³/mol. The third-order valence-corrected chi connectivity index (χ3v) is 2.77. The van der Waals surface area contributed by atoms with Gasteiger partial charge in [-0.25, -0.2) is 13.2 Å². The molecule has 15 heavy (non-hydrogen) atoms. The van der Waals surface area contributed by atoms with Crippen LogP contribution < -0.4 is 29.6 Å². The van der Waals surface area contributed by atoms with Gasteiger partial charge in [0.2, 0.25) is 0 Å². The molecule has 0 aliphatic carbocycles. The summed E-state index contributed by atoms with van der Waals surface area (Å²) in [5.74, 6) is -1.33. The van der Waals surface area contributed by atoms with Gasteiger partial charge in [-0.1, -0.05) is 11.6 Å². The fourth-order valence-electron chi connectivity index (χ4n) is 0.828. The van der Waals surface area contributed by atoms with E-state index in [0.29, 0.717) is 0 Å². The third-order valence-electron chi connectivity index (χ3n) is 1.45. The number of carboxylic acids is 1. The molecule has 0 heterocycles. The number of hydrogen-bond donors (Lipinski definition) is 1. The maximum atomic E-state index is 10.6. The van der Waals surface area contributed by atoms with Crippen LogP contribution in [0.2, 0.25) is 5.02 Å². The minimum Gasteiger partial charge on any atom is -0.744 e. The molecule has 5 nitrogen and oxygen atoms in total. The first-order valence-corrected chi connectivity index (χ1v) is 5.10. The van der Waals surface area contributed by atoms with Gasteiger partial charge in [-0.3, -0.25) is 0 Å². The summed E-state index contributed by atoms with van der Waals surface area (Å²) in [6.07, 6.45) is 0. The van der Waals surface area contributed by atoms with Gasteiger partial charge >= 0.3 is 35.5 Å². The van der Waals surface area contributed by atoms with Crippen LogP contribution in [0, 0.1) is 0 Å². The van der Waals surface area contributed by atoms with Crippen molar-refractivity contribution in [3.05, 3.63) is 28.8 Å². The van der Waals surface area contributed by atoms with Gasteiger partial charge in [0.05, 0.1) is 15.5 Å². The van der Waals surface area contributed by atoms with Gasteiger partial charge in [-0.05, 0) is 18.2 Å². The average molecular weight is 259 g/mol. The number of halogens is 1. The van der Waals surface area contributed by atoms with Gasteiger partial charge in [0.15, 0.2) is 0 Å². The average Bonchev–Trinajstić information content (AvgIpc) is 2.02. The van der Waals surface area contributed by atoms with Gasteiger partial charge < -0.3 is 9.66 Å². The van der Waals surface area contributed by atoms with E-state index >= 15 is 0 Å². The number of carboxylic acid groups (broad SMARTS) is 1. The molecule has 0 radical (unpaired) electrons. The van der Waals surface area contributed by atoms with Crippen LogP contribution in [0.15, 0.2) is 23.1 Å². The van der Waals surface area contributed by atoms with Gasteiger partial charge in [0.25, 0.3) is 0 Å². The summed E-state index contributed by atoms with van der Waals surface area (Å²) in [6, 6.07) is 2.89. The molecule has 0 saturated carbocycles. The van der Waals surface area contributed by atoms with E-state index in [1.807, 2.05) is 0 Å². The number of aromatic carboxylic acids is 1. The van der Waals surface area contributed by atoms with Crippen LogP contribution in [0.1, 0.15) is 10.4 Å². The van der Waals surface area contributed by atoms with Crippen LogP contribution in [0.25, 0.3) is 0 Å². The first kappa shape index (κ1) is 14.9. The molecule has 1 aromatic rings. The monoisotopic (exact) mass is 258 g/mol. The molecule has 8 heteroatoms. The van der Waals surface area contributed by atoms with Crippen molar-refractivity contribution in [3.8, 4) is 0 Å². The molecular formula is C7H4ClNaO5S. The van der Waals surface area contributed by atoms with Crippen LogP contribution in [-0.4, -0.2) is 24.0 Å². The molecule has 0 unspecified atom stereocenters. The Hall–Kier alpha value is -0.110. The van der Waals surface area contributed by atoms with Crippen LogP contribution >= 0.6 is 11.6 Å². The summed E-state index contributed by atoms with van der Waals surface area (Å²) in [5.41, 5.74) is -0.302. The fourth-order valence-corrected chi connectivity index (χ4v) is 1.81. The van der Waals surface area contributed by atoms with Crippen molar-refractivity contribution in [3.63, 3.8) is 0 Å². The molecule has 1 N–H and O–H groups in total. The number of hydrogen-bond acceptors (Lipinski definition) is 4. The number of carbonyl (C=O) groups is 1. The predicted octanol–water partition coefficient (Wildman–Crippen LogP) is -2.05. The maximum absolute atomic E-state index is 10.6. The summed E-state index contributed by atoms with van der Waals surface area (Å²) in [6.45, 7) is 0. The fraction of sp³-hybridized carbons (Fsp3) is 0. The van der Waals surface area contributed by atoms with Crippen molar-refractivity contribution >= 4 is 27.7 Å². The number of benzene rings is 1. The minimum absolute atomic E-state index is 0. The Kier molecular flexibility index (Phi) is 5.25. The van der Waals surface area contributed by atoms with E-state index < -0.39 is 21.0 Å². The van der Waals surface area contributed by atoms with Gasteiger partial charge in [-0.15, -0.1) is 0 Å². The topological polar surface area (TPSA) is 94.5 Å². The second kappa shape index (κ2) is 5.29. The molecular weight excluding hydrogens is 255 g/mol. The summed E-state index contributed by atoms with van der Waals surface area (Å²) < 4.78 is 31.8. The standard InChI is InChI=1S/C7H5ClO5S.Na/c8-5-2-1-4(7(9)10)3-6(5)14(11,12)13;/h1-3H,(H,9,10)(H,11,12,13);/q;+1/p-1. The Bertz CT molecular complexity index is 484. The van der Waals surface area contributed by atoms with Crippen LogP contribution in [-0.2, 0) is 10.1 Å². The molecule has 0 saturated heterocycles. The van der Waals surface area contributed by atoms with Gasteiger partial charge in [0.1, 0.15) is 10.1 Å². The normalized spacial score (nSPS) is 10.5. The number of rotatable bonds is 2. The molecule has 0 bridgehead atoms. The Morgan fingerprint density at radius 3 is 2.33 bits per heavy atom. The van der Waals surface area contributed by atoms with Crippen molar-refractivity contribution in [2.45, 2.75) is 4.90 Å². The molecule has 0 fully saturated rings. The van der Waals surface area contributed by atoms with E-state index in [4.69, 9.17) is 16.7 Å². The van der Waals surface area contributed by atoms with Crippen molar-refractivity contribution in [2.75, 3.05) is 0 Å².